The molecule has 1 saturated carbocycles. The lowest BCUT2D eigenvalue weighted by Gasteiger charge is -2.46. The summed E-state index contributed by atoms with van der Waals surface area (Å²) in [5.74, 6) is 5.01. The van der Waals surface area contributed by atoms with Crippen LogP contribution >= 0.6 is 0 Å². The summed E-state index contributed by atoms with van der Waals surface area (Å²) in [5, 5.41) is 8.62. The number of likely N-dealkylation sites (tertiary alicyclic amines) is 1. The van der Waals surface area contributed by atoms with E-state index in [9.17, 15) is 4.79 Å². The van der Waals surface area contributed by atoms with Gasteiger partial charge in [0, 0.05) is 32.5 Å². The van der Waals surface area contributed by atoms with Crippen LogP contribution in [0.5, 0.6) is 0 Å². The molecule has 3 aromatic heterocycles. The smallest absolute Gasteiger partial charge is 0.265 e. The Balaban J connectivity index is 1.42. The molecule has 1 aromatic carbocycles. The van der Waals surface area contributed by atoms with Gasteiger partial charge in [-0.15, -0.1) is 16.6 Å². The van der Waals surface area contributed by atoms with E-state index in [0.29, 0.717) is 28.6 Å². The molecule has 0 unspecified atom stereocenters. The van der Waals surface area contributed by atoms with Crippen molar-refractivity contribution in [1.82, 2.24) is 29.0 Å². The number of piperidine rings is 1. The second-order valence-electron chi connectivity index (χ2n) is 11.5. The van der Waals surface area contributed by atoms with E-state index < -0.39 is 0 Å². The Morgan fingerprint density at radius 1 is 1.18 bits per heavy atom. The van der Waals surface area contributed by atoms with Gasteiger partial charge in [0.15, 0.2) is 5.65 Å². The first-order chi connectivity index (χ1) is 18.4. The molecular weight excluding hydrogens is 472 g/mol. The maximum absolute atomic E-state index is 13.9. The zero-order valence-corrected chi connectivity index (χ0v) is 22.4. The number of rotatable bonds is 5. The van der Waals surface area contributed by atoms with Crippen molar-refractivity contribution in [2.75, 3.05) is 13.1 Å². The minimum atomic E-state index is -0.198. The average Bonchev–Trinajstić information content (AvgIpc) is 3.32. The lowest BCUT2D eigenvalue weighted by atomic mass is 9.58. The van der Waals surface area contributed by atoms with Crippen molar-refractivity contribution in [2.24, 2.45) is 18.9 Å². The zero-order valence-electron chi connectivity index (χ0n) is 22.4. The molecule has 6 rings (SSSR count). The Morgan fingerprint density at radius 3 is 2.74 bits per heavy atom. The Hall–Kier alpha value is -3.76. The van der Waals surface area contributed by atoms with Crippen LogP contribution in [0.4, 0.5) is 0 Å². The maximum atomic E-state index is 13.9. The summed E-state index contributed by atoms with van der Waals surface area (Å²) in [6, 6.07) is 10.3. The molecule has 1 atom stereocenters. The van der Waals surface area contributed by atoms with Gasteiger partial charge in [0.1, 0.15) is 12.2 Å². The van der Waals surface area contributed by atoms with E-state index in [0.717, 1.165) is 55.0 Å². The third kappa shape index (κ3) is 4.13. The number of nitrogens with zero attached hydrogens (tertiary/aromatic N) is 6. The molecule has 1 aliphatic carbocycles. The molecule has 4 aromatic rings. The number of hydrogen-bond donors (Lipinski definition) is 0. The van der Waals surface area contributed by atoms with Crippen LogP contribution in [0.3, 0.4) is 0 Å². The summed E-state index contributed by atoms with van der Waals surface area (Å²) >= 11 is 0. The molecule has 1 saturated heterocycles. The summed E-state index contributed by atoms with van der Waals surface area (Å²) in [7, 11) is 1.99. The van der Waals surface area contributed by atoms with E-state index >= 15 is 0 Å². The first-order valence-electron chi connectivity index (χ1n) is 13.6. The van der Waals surface area contributed by atoms with E-state index in [4.69, 9.17) is 6.42 Å². The van der Waals surface area contributed by atoms with Crippen LogP contribution < -0.4 is 5.56 Å². The Kier molecular flexibility index (Phi) is 6.16. The molecule has 2 aliphatic rings. The van der Waals surface area contributed by atoms with Gasteiger partial charge in [0.25, 0.3) is 5.56 Å². The predicted octanol–water partition coefficient (Wildman–Crippen LogP) is 4.42. The van der Waals surface area contributed by atoms with Crippen LogP contribution in [0.25, 0.3) is 16.8 Å². The van der Waals surface area contributed by atoms with Gasteiger partial charge in [0.2, 0.25) is 0 Å². The van der Waals surface area contributed by atoms with Crippen molar-refractivity contribution in [3.05, 3.63) is 81.9 Å². The number of benzene rings is 1. The Morgan fingerprint density at radius 2 is 2.03 bits per heavy atom. The average molecular weight is 507 g/mol. The molecule has 194 valence electrons. The minimum absolute atomic E-state index is 0.104. The fraction of sp³-hybridized carbons (Fsp3) is 0.419. The van der Waals surface area contributed by atoms with Crippen molar-refractivity contribution in [3.8, 4) is 23.5 Å². The molecule has 4 heterocycles. The van der Waals surface area contributed by atoms with Gasteiger partial charge in [-0.2, -0.15) is 0 Å². The standard InChI is InChI=1S/C31H34N6O/c1-5-24-12-23(18-36-11-7-8-21(2)17-36)19-37-28(24)32-16-27(29(37)38)25-9-6-10-26(13-25)31(14-22(3)15-31)30-34-33-20-35(30)4/h1,6,9-10,12-13,16,19-22H,7-8,11,14-15,17-18H2,2-4H3/t21-,22?,31?/m0/s1. The number of terminal acetylenes is 1. The fourth-order valence-corrected chi connectivity index (χ4v) is 6.70. The molecule has 0 amide bonds. The molecule has 0 N–H and O–H groups in total. The molecule has 0 bridgehead atoms. The van der Waals surface area contributed by atoms with Gasteiger partial charge in [-0.3, -0.25) is 14.1 Å². The Bertz CT molecular complexity index is 1600. The Labute approximate surface area is 223 Å². The summed E-state index contributed by atoms with van der Waals surface area (Å²) in [6.45, 7) is 7.48. The number of aryl methyl sites for hydroxylation is 1. The molecule has 0 radical (unpaired) electrons. The highest BCUT2D eigenvalue weighted by atomic mass is 16.1. The van der Waals surface area contributed by atoms with Gasteiger partial charge in [0.05, 0.1) is 16.5 Å². The fourth-order valence-electron chi connectivity index (χ4n) is 6.70. The van der Waals surface area contributed by atoms with E-state index in [2.05, 4.69) is 52.0 Å². The minimum Gasteiger partial charge on any atom is -0.320 e. The highest BCUT2D eigenvalue weighted by Crippen LogP contribution is 2.51. The molecular formula is C31H34N6O. The second-order valence-corrected chi connectivity index (χ2v) is 11.5. The zero-order chi connectivity index (χ0) is 26.4. The van der Waals surface area contributed by atoms with Gasteiger partial charge in [-0.25, -0.2) is 4.98 Å². The number of aromatic nitrogens is 5. The molecule has 38 heavy (non-hydrogen) atoms. The monoisotopic (exact) mass is 506 g/mol. The van der Waals surface area contributed by atoms with Crippen LogP contribution in [-0.2, 0) is 19.0 Å². The summed E-state index contributed by atoms with van der Waals surface area (Å²) in [6.07, 6.45) is 15.7. The van der Waals surface area contributed by atoms with Crippen LogP contribution in [0.15, 0.2) is 53.8 Å². The first kappa shape index (κ1) is 24.6. The van der Waals surface area contributed by atoms with Crippen molar-refractivity contribution in [2.45, 2.75) is 51.5 Å². The summed E-state index contributed by atoms with van der Waals surface area (Å²) in [5.41, 5.74) is 4.49. The van der Waals surface area contributed by atoms with Crippen LogP contribution in [0.1, 0.15) is 62.0 Å². The van der Waals surface area contributed by atoms with Gasteiger partial charge >= 0.3 is 0 Å². The third-order valence-electron chi connectivity index (χ3n) is 8.42. The van der Waals surface area contributed by atoms with E-state index in [1.54, 1.807) is 16.9 Å². The summed E-state index contributed by atoms with van der Waals surface area (Å²) in [4.78, 5) is 21.0. The third-order valence-corrected chi connectivity index (χ3v) is 8.42. The van der Waals surface area contributed by atoms with Crippen molar-refractivity contribution in [1.29, 1.82) is 0 Å². The second kappa shape index (κ2) is 9.52. The molecule has 0 spiro atoms. The van der Waals surface area contributed by atoms with Crippen LogP contribution in [-0.4, -0.2) is 42.1 Å². The lowest BCUT2D eigenvalue weighted by molar-refractivity contribution is 0.176. The molecule has 2 fully saturated rings. The van der Waals surface area contributed by atoms with E-state index in [1.165, 1.54) is 12.8 Å². The first-order valence-corrected chi connectivity index (χ1v) is 13.6. The SMILES string of the molecule is C#Cc1cc(CN2CCC[C@H](C)C2)cn2c(=O)c(-c3cccc(C4(c5nncn5C)CC(C)C4)c3)cnc12. The molecule has 7 nitrogen and oxygen atoms in total. The summed E-state index contributed by atoms with van der Waals surface area (Å²) < 4.78 is 3.65. The normalized spacial score (nSPS) is 23.7. The van der Waals surface area contributed by atoms with Gasteiger partial charge in [-0.05, 0) is 72.9 Å². The van der Waals surface area contributed by atoms with Crippen LogP contribution in [0.2, 0.25) is 0 Å². The topological polar surface area (TPSA) is 68.3 Å². The highest BCUT2D eigenvalue weighted by molar-refractivity contribution is 5.67. The van der Waals surface area contributed by atoms with E-state index in [-0.39, 0.29) is 11.0 Å². The lowest BCUT2D eigenvalue weighted by Crippen LogP contribution is -2.43. The van der Waals surface area contributed by atoms with Gasteiger partial charge in [-0.1, -0.05) is 38.0 Å². The molecule has 7 heteroatoms. The number of hydrogen-bond acceptors (Lipinski definition) is 5. The molecule has 1 aliphatic heterocycles. The van der Waals surface area contributed by atoms with Crippen LogP contribution in [0, 0.1) is 24.2 Å². The van der Waals surface area contributed by atoms with E-state index in [1.807, 2.05) is 36.0 Å². The number of pyridine rings is 1. The van der Waals surface area contributed by atoms with Crippen molar-refractivity contribution in [3.63, 3.8) is 0 Å². The van der Waals surface area contributed by atoms with Crippen molar-refractivity contribution >= 4 is 5.65 Å². The quantitative estimate of drug-likeness (QED) is 0.375. The predicted molar refractivity (Wildman–Crippen MR) is 149 cm³/mol. The largest absolute Gasteiger partial charge is 0.320 e. The number of fused-ring (bicyclic) bond motifs is 1. The van der Waals surface area contributed by atoms with Crippen molar-refractivity contribution < 1.29 is 0 Å². The maximum Gasteiger partial charge on any atom is 0.265 e. The highest BCUT2D eigenvalue weighted by Gasteiger charge is 2.48. The van der Waals surface area contributed by atoms with Gasteiger partial charge < -0.3 is 4.57 Å².